The summed E-state index contributed by atoms with van der Waals surface area (Å²) in [6.45, 7) is 8.78. The highest BCUT2D eigenvalue weighted by Crippen LogP contribution is 2.29. The molecule has 1 saturated heterocycles. The van der Waals surface area contributed by atoms with E-state index in [1.807, 2.05) is 36.0 Å². The standard InChI is InChI=1S/C23H28N8O/c1-3-30-15(2)25-20-5-4-19(27-22(20)30)18-6-7-31-21(18)14-24-23(28-31)26-16-12-17(13-16)29-8-10-32-11-9-29/h4-7,14,16-17H,3,8-13H2,1-2H3,(H,26,28)/t16-,17-. The second kappa shape index (κ2) is 7.83. The maximum atomic E-state index is 5.46. The van der Waals surface area contributed by atoms with Gasteiger partial charge in [0.2, 0.25) is 5.95 Å². The predicted octanol–water partition coefficient (Wildman–Crippen LogP) is 2.74. The molecule has 0 radical (unpaired) electrons. The molecule has 2 fully saturated rings. The molecule has 1 aliphatic carbocycles. The fourth-order valence-corrected chi connectivity index (χ4v) is 4.96. The topological polar surface area (TPSA) is 85.4 Å². The van der Waals surface area contributed by atoms with E-state index in [0.717, 1.165) is 79.5 Å². The summed E-state index contributed by atoms with van der Waals surface area (Å²) in [5.74, 6) is 1.66. The van der Waals surface area contributed by atoms with Crippen LogP contribution in [0.1, 0.15) is 25.6 Å². The van der Waals surface area contributed by atoms with Gasteiger partial charge in [-0.1, -0.05) is 0 Å². The molecule has 0 atom stereocenters. The minimum atomic E-state index is 0.428. The van der Waals surface area contributed by atoms with Crippen molar-refractivity contribution in [3.8, 4) is 11.3 Å². The van der Waals surface area contributed by atoms with E-state index < -0.39 is 0 Å². The lowest BCUT2D eigenvalue weighted by atomic mass is 9.85. The molecule has 0 unspecified atom stereocenters. The zero-order chi connectivity index (χ0) is 21.7. The zero-order valence-corrected chi connectivity index (χ0v) is 18.5. The highest BCUT2D eigenvalue weighted by atomic mass is 16.5. The molecule has 32 heavy (non-hydrogen) atoms. The first-order valence-electron chi connectivity index (χ1n) is 11.5. The zero-order valence-electron chi connectivity index (χ0n) is 18.5. The lowest BCUT2D eigenvalue weighted by Crippen LogP contribution is -2.53. The van der Waals surface area contributed by atoms with Gasteiger partial charge in [0.25, 0.3) is 0 Å². The molecule has 1 aliphatic heterocycles. The summed E-state index contributed by atoms with van der Waals surface area (Å²) in [5, 5.41) is 8.20. The van der Waals surface area contributed by atoms with E-state index in [9.17, 15) is 0 Å². The van der Waals surface area contributed by atoms with Crippen molar-refractivity contribution in [1.29, 1.82) is 0 Å². The Bertz CT molecular complexity index is 1270. The van der Waals surface area contributed by atoms with Crippen molar-refractivity contribution in [2.24, 2.45) is 0 Å². The Morgan fingerprint density at radius 2 is 1.97 bits per heavy atom. The molecule has 166 valence electrons. The van der Waals surface area contributed by atoms with E-state index in [1.165, 1.54) is 0 Å². The van der Waals surface area contributed by atoms with Gasteiger partial charge in [-0.05, 0) is 44.9 Å². The quantitative estimate of drug-likeness (QED) is 0.519. The largest absolute Gasteiger partial charge is 0.379 e. The van der Waals surface area contributed by atoms with E-state index in [2.05, 4.69) is 37.7 Å². The van der Waals surface area contributed by atoms with E-state index in [4.69, 9.17) is 14.8 Å². The van der Waals surface area contributed by atoms with Crippen molar-refractivity contribution in [1.82, 2.24) is 34.0 Å². The number of anilines is 1. The van der Waals surface area contributed by atoms with Gasteiger partial charge >= 0.3 is 0 Å². The first-order chi connectivity index (χ1) is 15.7. The van der Waals surface area contributed by atoms with Crippen molar-refractivity contribution in [3.63, 3.8) is 0 Å². The molecule has 0 bridgehead atoms. The van der Waals surface area contributed by atoms with Gasteiger partial charge in [-0.15, -0.1) is 5.10 Å². The Labute approximate surface area is 186 Å². The second-order valence-electron chi connectivity index (χ2n) is 8.70. The van der Waals surface area contributed by atoms with Crippen LogP contribution in [-0.4, -0.2) is 72.4 Å². The van der Waals surface area contributed by atoms with Crippen molar-refractivity contribution in [3.05, 3.63) is 36.4 Å². The summed E-state index contributed by atoms with van der Waals surface area (Å²) in [4.78, 5) is 16.7. The summed E-state index contributed by atoms with van der Waals surface area (Å²) >= 11 is 0. The molecule has 2 aliphatic rings. The number of rotatable bonds is 5. The maximum Gasteiger partial charge on any atom is 0.241 e. The van der Waals surface area contributed by atoms with Gasteiger partial charge in [0.05, 0.1) is 30.6 Å². The Morgan fingerprint density at radius 1 is 1.12 bits per heavy atom. The molecule has 1 N–H and O–H groups in total. The van der Waals surface area contributed by atoms with Crippen LogP contribution in [0.3, 0.4) is 0 Å². The van der Waals surface area contributed by atoms with Crippen molar-refractivity contribution >= 4 is 22.6 Å². The van der Waals surface area contributed by atoms with Crippen molar-refractivity contribution in [2.45, 2.75) is 45.3 Å². The summed E-state index contributed by atoms with van der Waals surface area (Å²) in [6, 6.07) is 7.20. The molecular weight excluding hydrogens is 404 g/mol. The smallest absolute Gasteiger partial charge is 0.241 e. The highest BCUT2D eigenvalue weighted by Gasteiger charge is 2.34. The third-order valence-electron chi connectivity index (χ3n) is 6.80. The first-order valence-corrected chi connectivity index (χ1v) is 11.5. The number of aryl methyl sites for hydroxylation is 2. The molecule has 4 aromatic rings. The fourth-order valence-electron chi connectivity index (χ4n) is 4.96. The SMILES string of the molecule is CCn1c(C)nc2ccc(-c3ccn4nc(N[C@H]5C[C@H](N6CCOCC6)C5)ncc34)nc21. The van der Waals surface area contributed by atoms with Crippen LogP contribution >= 0.6 is 0 Å². The van der Waals surface area contributed by atoms with Gasteiger partial charge < -0.3 is 14.6 Å². The van der Waals surface area contributed by atoms with Crippen LogP contribution in [0.25, 0.3) is 27.9 Å². The lowest BCUT2D eigenvalue weighted by Gasteiger charge is -2.44. The van der Waals surface area contributed by atoms with Gasteiger partial charge in [0.15, 0.2) is 5.65 Å². The number of aromatic nitrogens is 6. The Kier molecular flexibility index (Phi) is 4.80. The number of nitrogens with one attached hydrogen (secondary N) is 1. The average Bonchev–Trinajstić information content (AvgIpc) is 3.35. The van der Waals surface area contributed by atoms with E-state index in [0.29, 0.717) is 18.0 Å². The molecule has 9 heteroatoms. The summed E-state index contributed by atoms with van der Waals surface area (Å²) in [5.41, 5.74) is 4.72. The summed E-state index contributed by atoms with van der Waals surface area (Å²) in [6.07, 6.45) is 6.12. The van der Waals surface area contributed by atoms with Gasteiger partial charge in [0.1, 0.15) is 11.3 Å². The maximum absolute atomic E-state index is 5.46. The molecule has 9 nitrogen and oxygen atoms in total. The summed E-state index contributed by atoms with van der Waals surface area (Å²) < 4.78 is 9.48. The van der Waals surface area contributed by atoms with Gasteiger partial charge in [0, 0.05) is 43.5 Å². The Hall–Kier alpha value is -3.04. The minimum absolute atomic E-state index is 0.428. The van der Waals surface area contributed by atoms with Crippen LogP contribution in [0.4, 0.5) is 5.95 Å². The Balaban J connectivity index is 1.20. The van der Waals surface area contributed by atoms with E-state index in [-0.39, 0.29) is 0 Å². The molecule has 6 rings (SSSR count). The predicted molar refractivity (Wildman–Crippen MR) is 123 cm³/mol. The molecule has 1 saturated carbocycles. The second-order valence-corrected chi connectivity index (χ2v) is 8.70. The van der Waals surface area contributed by atoms with Crippen molar-refractivity contribution in [2.75, 3.05) is 31.6 Å². The molecule has 4 aromatic heterocycles. The third kappa shape index (κ3) is 3.32. The van der Waals surface area contributed by atoms with Crippen LogP contribution in [0.5, 0.6) is 0 Å². The van der Waals surface area contributed by atoms with Crippen LogP contribution in [0.2, 0.25) is 0 Å². The fraction of sp³-hybridized carbons (Fsp3) is 0.478. The monoisotopic (exact) mass is 432 g/mol. The van der Waals surface area contributed by atoms with Crippen LogP contribution in [0.15, 0.2) is 30.6 Å². The van der Waals surface area contributed by atoms with E-state index >= 15 is 0 Å². The Morgan fingerprint density at radius 3 is 2.78 bits per heavy atom. The number of nitrogens with zero attached hydrogens (tertiary/aromatic N) is 7. The van der Waals surface area contributed by atoms with Gasteiger partial charge in [-0.3, -0.25) is 4.90 Å². The van der Waals surface area contributed by atoms with Crippen LogP contribution < -0.4 is 5.32 Å². The average molecular weight is 433 g/mol. The number of pyridine rings is 1. The highest BCUT2D eigenvalue weighted by molar-refractivity contribution is 5.82. The van der Waals surface area contributed by atoms with Gasteiger partial charge in [-0.2, -0.15) is 0 Å². The number of imidazole rings is 1. The summed E-state index contributed by atoms with van der Waals surface area (Å²) in [7, 11) is 0. The lowest BCUT2D eigenvalue weighted by molar-refractivity contribution is -0.00443. The van der Waals surface area contributed by atoms with Crippen LogP contribution in [0, 0.1) is 6.92 Å². The van der Waals surface area contributed by atoms with E-state index in [1.54, 1.807) is 0 Å². The number of hydrogen-bond acceptors (Lipinski definition) is 7. The first kappa shape index (κ1) is 19.6. The molecule has 0 aromatic carbocycles. The number of hydrogen-bond donors (Lipinski definition) is 1. The number of morpholine rings is 1. The number of ether oxygens (including phenoxy) is 1. The van der Waals surface area contributed by atoms with Crippen LogP contribution in [-0.2, 0) is 11.3 Å². The normalized spacial score (nSPS) is 21.8. The molecule has 0 spiro atoms. The van der Waals surface area contributed by atoms with Crippen molar-refractivity contribution < 1.29 is 4.74 Å². The molecule has 5 heterocycles. The molecule has 0 amide bonds. The molecular formula is C23H28N8O. The third-order valence-corrected chi connectivity index (χ3v) is 6.80. The minimum Gasteiger partial charge on any atom is -0.379 e. The van der Waals surface area contributed by atoms with Gasteiger partial charge in [-0.25, -0.2) is 19.5 Å². The number of fused-ring (bicyclic) bond motifs is 2.